The Bertz CT molecular complexity index is 562. The number of carbonyl (C=O) groups is 1. The van der Waals surface area contributed by atoms with Crippen LogP contribution in [0, 0.1) is 6.92 Å². The molecule has 0 heterocycles. The van der Waals surface area contributed by atoms with Gasteiger partial charge in [-0.25, -0.2) is 0 Å². The van der Waals surface area contributed by atoms with Crippen LogP contribution in [0.15, 0.2) is 23.2 Å². The van der Waals surface area contributed by atoms with Gasteiger partial charge < -0.3 is 20.1 Å². The van der Waals surface area contributed by atoms with E-state index in [9.17, 15) is 4.79 Å². The number of hydrogen-bond donors (Lipinski definition) is 2. The maximum absolute atomic E-state index is 11.5. The fraction of sp³-hybridized carbons (Fsp3) is 0.556. The molecule has 25 heavy (non-hydrogen) atoms. The van der Waals surface area contributed by atoms with Crippen LogP contribution in [-0.2, 0) is 16.0 Å². The van der Waals surface area contributed by atoms with Gasteiger partial charge in [0.2, 0.25) is 0 Å². The lowest BCUT2D eigenvalue weighted by Crippen LogP contribution is -2.39. The summed E-state index contributed by atoms with van der Waals surface area (Å²) in [5, 5.41) is 6.34. The molecule has 0 saturated carbocycles. The van der Waals surface area contributed by atoms with E-state index in [4.69, 9.17) is 9.47 Å². The van der Waals surface area contributed by atoms with Crippen LogP contribution in [0.2, 0.25) is 0 Å². The van der Waals surface area contributed by atoms with Crippen molar-refractivity contribution in [2.45, 2.75) is 39.7 Å². The Balaban J connectivity index is 0.00000576. The third-order valence-corrected chi connectivity index (χ3v) is 3.39. The average Bonchev–Trinajstić information content (AvgIpc) is 2.54. The molecule has 2 N–H and O–H groups in total. The molecule has 1 aromatic rings. The highest BCUT2D eigenvalue weighted by atomic mass is 127. The van der Waals surface area contributed by atoms with E-state index in [1.165, 1.54) is 5.56 Å². The summed E-state index contributed by atoms with van der Waals surface area (Å²) in [4.78, 5) is 15.6. The van der Waals surface area contributed by atoms with Crippen LogP contribution in [-0.4, -0.2) is 45.3 Å². The molecule has 0 aromatic heterocycles. The number of carbonyl (C=O) groups excluding carboxylic acids is 1. The Hall–Kier alpha value is -1.51. The number of nitrogens with zero attached hydrogens (tertiary/aromatic N) is 1. The minimum Gasteiger partial charge on any atom is -0.496 e. The number of ether oxygens (including phenoxy) is 2. The quantitative estimate of drug-likeness (QED) is 0.269. The summed E-state index contributed by atoms with van der Waals surface area (Å²) >= 11 is 0. The SMILES string of the molecule is CN=C(NCCC(=O)OC(C)C)NCCc1ccc(C)c(OC)c1.I. The molecule has 1 aromatic carbocycles. The van der Waals surface area contributed by atoms with Gasteiger partial charge in [-0.3, -0.25) is 9.79 Å². The average molecular weight is 463 g/mol. The summed E-state index contributed by atoms with van der Waals surface area (Å²) in [5.74, 6) is 1.37. The van der Waals surface area contributed by atoms with Gasteiger partial charge in [-0.15, -0.1) is 24.0 Å². The Morgan fingerprint density at radius 3 is 2.52 bits per heavy atom. The number of methoxy groups -OCH3 is 1. The number of aliphatic imine (C=N–C) groups is 1. The Morgan fingerprint density at radius 1 is 1.24 bits per heavy atom. The van der Waals surface area contributed by atoms with Gasteiger partial charge in [0.25, 0.3) is 0 Å². The van der Waals surface area contributed by atoms with Gasteiger partial charge in [-0.1, -0.05) is 12.1 Å². The van der Waals surface area contributed by atoms with Crippen molar-refractivity contribution in [3.05, 3.63) is 29.3 Å². The fourth-order valence-electron chi connectivity index (χ4n) is 2.17. The molecule has 0 aliphatic heterocycles. The van der Waals surface area contributed by atoms with Crippen molar-refractivity contribution in [3.8, 4) is 5.75 Å². The number of nitrogens with one attached hydrogen (secondary N) is 2. The van der Waals surface area contributed by atoms with Crippen molar-refractivity contribution < 1.29 is 14.3 Å². The number of hydrogen-bond acceptors (Lipinski definition) is 4. The van der Waals surface area contributed by atoms with Crippen LogP contribution in [0.4, 0.5) is 0 Å². The van der Waals surface area contributed by atoms with Crippen LogP contribution in [0.1, 0.15) is 31.4 Å². The molecular formula is C18H30IN3O3. The zero-order valence-corrected chi connectivity index (χ0v) is 18.0. The first-order valence-electron chi connectivity index (χ1n) is 8.23. The molecule has 1 rings (SSSR count). The predicted octanol–water partition coefficient (Wildman–Crippen LogP) is 2.67. The van der Waals surface area contributed by atoms with Crippen LogP contribution in [0.25, 0.3) is 0 Å². The van der Waals surface area contributed by atoms with E-state index >= 15 is 0 Å². The van der Waals surface area contributed by atoms with Crippen molar-refractivity contribution in [3.63, 3.8) is 0 Å². The molecule has 7 heteroatoms. The van der Waals surface area contributed by atoms with Crippen molar-refractivity contribution in [1.82, 2.24) is 10.6 Å². The van der Waals surface area contributed by atoms with Gasteiger partial charge >= 0.3 is 5.97 Å². The molecule has 0 bridgehead atoms. The number of aryl methyl sites for hydroxylation is 1. The highest BCUT2D eigenvalue weighted by Gasteiger charge is 2.06. The number of benzene rings is 1. The second-order valence-corrected chi connectivity index (χ2v) is 5.77. The summed E-state index contributed by atoms with van der Waals surface area (Å²) in [5.41, 5.74) is 2.32. The summed E-state index contributed by atoms with van der Waals surface area (Å²) in [6, 6.07) is 6.20. The van der Waals surface area contributed by atoms with Gasteiger partial charge in [0.15, 0.2) is 5.96 Å². The summed E-state index contributed by atoms with van der Waals surface area (Å²) in [6.45, 7) is 6.93. The molecule has 0 amide bonds. The van der Waals surface area contributed by atoms with E-state index in [1.807, 2.05) is 20.8 Å². The summed E-state index contributed by atoms with van der Waals surface area (Å²) in [6.07, 6.45) is 1.09. The van der Waals surface area contributed by atoms with Gasteiger partial charge in [0.1, 0.15) is 5.75 Å². The van der Waals surface area contributed by atoms with E-state index in [2.05, 4.69) is 33.8 Å². The topological polar surface area (TPSA) is 72.0 Å². The zero-order chi connectivity index (χ0) is 17.9. The molecule has 0 atom stereocenters. The molecule has 0 saturated heterocycles. The molecule has 142 valence electrons. The second-order valence-electron chi connectivity index (χ2n) is 5.77. The number of guanidine groups is 1. The molecule has 0 fully saturated rings. The maximum atomic E-state index is 11.5. The summed E-state index contributed by atoms with van der Waals surface area (Å²) < 4.78 is 10.4. The van der Waals surface area contributed by atoms with E-state index in [1.54, 1.807) is 14.2 Å². The Kier molecular flexibility index (Phi) is 12.0. The van der Waals surface area contributed by atoms with Crippen LogP contribution in [0.5, 0.6) is 5.75 Å². The first kappa shape index (κ1) is 23.5. The summed E-state index contributed by atoms with van der Waals surface area (Å²) in [7, 11) is 3.39. The lowest BCUT2D eigenvalue weighted by molar-refractivity contribution is -0.147. The fourth-order valence-corrected chi connectivity index (χ4v) is 2.17. The molecule has 0 aliphatic carbocycles. The third kappa shape index (κ3) is 9.52. The smallest absolute Gasteiger partial charge is 0.307 e. The molecule has 0 unspecified atom stereocenters. The monoisotopic (exact) mass is 463 g/mol. The van der Waals surface area contributed by atoms with Gasteiger partial charge in [-0.05, 0) is 44.4 Å². The number of rotatable bonds is 8. The van der Waals surface area contributed by atoms with E-state index in [0.29, 0.717) is 18.9 Å². The van der Waals surface area contributed by atoms with Crippen molar-refractivity contribution in [2.75, 3.05) is 27.2 Å². The Morgan fingerprint density at radius 2 is 1.92 bits per heavy atom. The normalized spacial score (nSPS) is 10.9. The minimum atomic E-state index is -0.209. The minimum absolute atomic E-state index is 0. The van der Waals surface area contributed by atoms with Gasteiger partial charge in [0.05, 0.1) is 19.6 Å². The molecule has 0 radical (unpaired) electrons. The van der Waals surface area contributed by atoms with E-state index in [-0.39, 0.29) is 36.0 Å². The molecule has 6 nitrogen and oxygen atoms in total. The predicted molar refractivity (Wildman–Crippen MR) is 112 cm³/mol. The van der Waals surface area contributed by atoms with Gasteiger partial charge in [0, 0.05) is 20.1 Å². The molecule has 0 aliphatic rings. The number of halogens is 1. The van der Waals surface area contributed by atoms with Crippen LogP contribution in [0.3, 0.4) is 0 Å². The Labute approximate surface area is 167 Å². The first-order chi connectivity index (χ1) is 11.5. The van der Waals surface area contributed by atoms with E-state index in [0.717, 1.165) is 24.3 Å². The molecule has 0 spiro atoms. The van der Waals surface area contributed by atoms with Crippen LogP contribution >= 0.6 is 24.0 Å². The standard InChI is InChI=1S/C18H29N3O3.HI/c1-13(2)24-17(22)9-11-21-18(19-4)20-10-8-15-7-6-14(3)16(12-15)23-5;/h6-7,12-13H,8-11H2,1-5H3,(H2,19,20,21);1H. The van der Waals surface area contributed by atoms with Crippen molar-refractivity contribution in [1.29, 1.82) is 0 Å². The molecular weight excluding hydrogens is 433 g/mol. The third-order valence-electron chi connectivity index (χ3n) is 3.39. The second kappa shape index (κ2) is 12.8. The van der Waals surface area contributed by atoms with Gasteiger partial charge in [-0.2, -0.15) is 0 Å². The van der Waals surface area contributed by atoms with Crippen molar-refractivity contribution >= 4 is 35.9 Å². The number of esters is 1. The van der Waals surface area contributed by atoms with Crippen LogP contribution < -0.4 is 15.4 Å². The highest BCUT2D eigenvalue weighted by molar-refractivity contribution is 14.0. The lowest BCUT2D eigenvalue weighted by atomic mass is 10.1. The largest absolute Gasteiger partial charge is 0.496 e. The lowest BCUT2D eigenvalue weighted by Gasteiger charge is -2.13. The van der Waals surface area contributed by atoms with Crippen molar-refractivity contribution in [2.24, 2.45) is 4.99 Å². The zero-order valence-electron chi connectivity index (χ0n) is 15.7. The highest BCUT2D eigenvalue weighted by Crippen LogP contribution is 2.18. The van der Waals surface area contributed by atoms with E-state index < -0.39 is 0 Å². The maximum Gasteiger partial charge on any atom is 0.307 e. The first-order valence-corrected chi connectivity index (χ1v) is 8.23.